The Morgan fingerprint density at radius 2 is 2.04 bits per heavy atom. The van der Waals surface area contributed by atoms with Gasteiger partial charge in [-0.05, 0) is 72.6 Å². The van der Waals surface area contributed by atoms with Crippen molar-refractivity contribution >= 4 is 5.91 Å². The number of benzene rings is 2. The lowest BCUT2D eigenvalue weighted by Crippen LogP contribution is -2.43. The van der Waals surface area contributed by atoms with Crippen molar-refractivity contribution in [1.82, 2.24) is 4.90 Å². The van der Waals surface area contributed by atoms with E-state index in [-0.39, 0.29) is 17.8 Å². The van der Waals surface area contributed by atoms with Crippen molar-refractivity contribution < 1.29 is 9.18 Å². The van der Waals surface area contributed by atoms with Crippen molar-refractivity contribution in [3.05, 3.63) is 58.9 Å². The molecule has 0 spiro atoms. The Labute approximate surface area is 147 Å². The van der Waals surface area contributed by atoms with E-state index in [0.717, 1.165) is 23.2 Å². The smallest absolute Gasteiger partial charge is 0.254 e. The topological polar surface area (TPSA) is 46.3 Å². The number of nitrogens with two attached hydrogens (primary N) is 1. The second-order valence-electron chi connectivity index (χ2n) is 7.38. The number of nitrogens with zero attached hydrogens (tertiary/aromatic N) is 1. The molecule has 0 unspecified atom stereocenters. The van der Waals surface area contributed by atoms with Crippen molar-refractivity contribution in [3.63, 3.8) is 0 Å². The molecule has 2 aliphatic rings. The fourth-order valence-corrected chi connectivity index (χ4v) is 4.29. The number of hydrogen-bond donors (Lipinski definition) is 1. The van der Waals surface area contributed by atoms with Crippen LogP contribution in [0.1, 0.15) is 27.9 Å². The molecular weight excluding hydrogens is 315 g/mol. The first-order valence-corrected chi connectivity index (χ1v) is 8.88. The zero-order chi connectivity index (χ0) is 17.7. The van der Waals surface area contributed by atoms with Crippen LogP contribution in [0, 0.1) is 31.5 Å². The number of amides is 1. The summed E-state index contributed by atoms with van der Waals surface area (Å²) in [6.45, 7) is 5.06. The van der Waals surface area contributed by atoms with Gasteiger partial charge >= 0.3 is 0 Å². The van der Waals surface area contributed by atoms with Gasteiger partial charge in [0.25, 0.3) is 5.91 Å². The van der Waals surface area contributed by atoms with Crippen LogP contribution in [0.25, 0.3) is 11.1 Å². The maximum Gasteiger partial charge on any atom is 0.254 e. The molecule has 2 aromatic carbocycles. The van der Waals surface area contributed by atoms with Gasteiger partial charge in [0, 0.05) is 24.7 Å². The van der Waals surface area contributed by atoms with Crippen LogP contribution in [0.3, 0.4) is 0 Å². The van der Waals surface area contributed by atoms with E-state index >= 15 is 0 Å². The third-order valence-corrected chi connectivity index (χ3v) is 5.76. The number of piperidine rings is 1. The van der Waals surface area contributed by atoms with Crippen molar-refractivity contribution in [2.24, 2.45) is 17.6 Å². The summed E-state index contributed by atoms with van der Waals surface area (Å²) in [6, 6.07) is 11.0. The molecule has 2 fully saturated rings. The lowest BCUT2D eigenvalue weighted by Gasteiger charge is -2.28. The van der Waals surface area contributed by atoms with E-state index in [9.17, 15) is 9.18 Å². The first-order chi connectivity index (χ1) is 12.0. The van der Waals surface area contributed by atoms with Gasteiger partial charge in [-0.25, -0.2) is 4.39 Å². The molecule has 2 aromatic rings. The maximum absolute atomic E-state index is 13.7. The highest BCUT2D eigenvalue weighted by Gasteiger charge is 2.53. The minimum absolute atomic E-state index is 0.0447. The molecule has 3 atom stereocenters. The third-order valence-electron chi connectivity index (χ3n) is 5.76. The molecule has 1 aliphatic heterocycles. The molecule has 1 amide bonds. The van der Waals surface area contributed by atoms with Gasteiger partial charge in [-0.3, -0.25) is 4.79 Å². The van der Waals surface area contributed by atoms with E-state index in [1.807, 2.05) is 36.1 Å². The molecule has 25 heavy (non-hydrogen) atoms. The predicted molar refractivity (Wildman–Crippen MR) is 96.8 cm³/mol. The minimum atomic E-state index is -0.229. The van der Waals surface area contributed by atoms with E-state index in [2.05, 4.69) is 0 Å². The highest BCUT2D eigenvalue weighted by Crippen LogP contribution is 2.49. The molecule has 4 rings (SSSR count). The van der Waals surface area contributed by atoms with Gasteiger partial charge in [-0.15, -0.1) is 0 Å². The van der Waals surface area contributed by atoms with Gasteiger partial charge in [-0.2, -0.15) is 0 Å². The molecule has 0 aromatic heterocycles. The first-order valence-electron chi connectivity index (χ1n) is 8.88. The van der Waals surface area contributed by atoms with Crippen molar-refractivity contribution in [3.8, 4) is 11.1 Å². The zero-order valence-corrected chi connectivity index (χ0v) is 14.6. The molecule has 1 aliphatic carbocycles. The van der Waals surface area contributed by atoms with Crippen LogP contribution in [0.4, 0.5) is 4.39 Å². The molecule has 0 radical (unpaired) electrons. The summed E-state index contributed by atoms with van der Waals surface area (Å²) in [5.41, 5.74) is 10.0. The van der Waals surface area contributed by atoms with Crippen LogP contribution in [0.5, 0.6) is 0 Å². The Kier molecular flexibility index (Phi) is 3.88. The molecule has 3 nitrogen and oxygen atoms in total. The number of hydrogen-bond acceptors (Lipinski definition) is 2. The summed E-state index contributed by atoms with van der Waals surface area (Å²) < 4.78 is 13.7. The van der Waals surface area contributed by atoms with E-state index in [1.54, 1.807) is 13.0 Å². The Morgan fingerprint density at radius 1 is 1.24 bits per heavy atom. The van der Waals surface area contributed by atoms with Gasteiger partial charge in [0.05, 0.1) is 0 Å². The van der Waals surface area contributed by atoms with Crippen molar-refractivity contribution in [2.45, 2.75) is 26.3 Å². The molecule has 1 heterocycles. The molecule has 1 saturated carbocycles. The molecule has 1 saturated heterocycles. The minimum Gasteiger partial charge on any atom is -0.334 e. The summed E-state index contributed by atoms with van der Waals surface area (Å²) in [5.74, 6) is 1.02. The third kappa shape index (κ3) is 2.65. The van der Waals surface area contributed by atoms with Gasteiger partial charge in [0.15, 0.2) is 0 Å². The Bertz CT molecular complexity index is 848. The number of carbonyl (C=O) groups excluding carboxylic acids is 1. The van der Waals surface area contributed by atoms with Crippen molar-refractivity contribution in [1.29, 1.82) is 0 Å². The molecule has 4 heteroatoms. The summed E-state index contributed by atoms with van der Waals surface area (Å²) in [4.78, 5) is 15.2. The summed E-state index contributed by atoms with van der Waals surface area (Å²) in [6.07, 6.45) is 1.20. The first kappa shape index (κ1) is 16.3. The number of rotatable bonds is 3. The average Bonchev–Trinajstić information content (AvgIpc) is 3.27. The van der Waals surface area contributed by atoms with Gasteiger partial charge < -0.3 is 10.6 Å². The Hall–Kier alpha value is -2.20. The van der Waals surface area contributed by atoms with Gasteiger partial charge in [0.2, 0.25) is 0 Å². The molecular formula is C21H23FN2O. The SMILES string of the molecule is Cc1cc(-c2c(C)cccc2C(=O)N2C[C@H]3C[C@H]3[C@H]2CN)ccc1F. The maximum atomic E-state index is 13.7. The van der Waals surface area contributed by atoms with Crippen LogP contribution in [0.15, 0.2) is 36.4 Å². The van der Waals surface area contributed by atoms with E-state index in [0.29, 0.717) is 29.5 Å². The highest BCUT2D eigenvalue weighted by molar-refractivity contribution is 6.02. The Morgan fingerprint density at radius 3 is 2.76 bits per heavy atom. The Balaban J connectivity index is 1.76. The zero-order valence-electron chi connectivity index (χ0n) is 14.6. The second-order valence-corrected chi connectivity index (χ2v) is 7.38. The lowest BCUT2D eigenvalue weighted by atomic mass is 9.93. The normalized spacial score (nSPS) is 24.3. The van der Waals surface area contributed by atoms with Crippen LogP contribution in [-0.4, -0.2) is 29.9 Å². The summed E-state index contributed by atoms with van der Waals surface area (Å²) in [5, 5.41) is 0. The van der Waals surface area contributed by atoms with Crippen LogP contribution < -0.4 is 5.73 Å². The number of carbonyl (C=O) groups is 1. The van der Waals surface area contributed by atoms with E-state index < -0.39 is 0 Å². The fraction of sp³-hybridized carbons (Fsp3) is 0.381. The number of aryl methyl sites for hydroxylation is 2. The molecule has 0 bridgehead atoms. The van der Waals surface area contributed by atoms with E-state index in [1.165, 1.54) is 12.5 Å². The van der Waals surface area contributed by atoms with Gasteiger partial charge in [0.1, 0.15) is 5.82 Å². The van der Waals surface area contributed by atoms with Crippen LogP contribution >= 0.6 is 0 Å². The van der Waals surface area contributed by atoms with Crippen LogP contribution in [0.2, 0.25) is 0 Å². The fourth-order valence-electron chi connectivity index (χ4n) is 4.29. The molecule has 2 N–H and O–H groups in total. The van der Waals surface area contributed by atoms with Crippen LogP contribution in [-0.2, 0) is 0 Å². The quantitative estimate of drug-likeness (QED) is 0.931. The van der Waals surface area contributed by atoms with Gasteiger partial charge in [-0.1, -0.05) is 18.2 Å². The lowest BCUT2D eigenvalue weighted by molar-refractivity contribution is 0.0713. The summed E-state index contributed by atoms with van der Waals surface area (Å²) in [7, 11) is 0. The predicted octanol–water partition coefficient (Wildman–Crippen LogP) is 3.53. The number of fused-ring (bicyclic) bond motifs is 1. The monoisotopic (exact) mass is 338 g/mol. The summed E-state index contributed by atoms with van der Waals surface area (Å²) >= 11 is 0. The number of likely N-dealkylation sites (tertiary alicyclic amines) is 1. The van der Waals surface area contributed by atoms with E-state index in [4.69, 9.17) is 5.73 Å². The second kappa shape index (κ2) is 5.95. The standard InChI is InChI=1S/C21H23FN2O/c1-12-4-3-5-16(20(12)14-6-7-18(22)13(2)8-14)21(25)24-11-15-9-17(15)19(24)10-23/h3-8,15,17,19H,9-11,23H2,1-2H3/t15-,17-,19-/m1/s1. The molecule has 130 valence electrons. The average molecular weight is 338 g/mol. The highest BCUT2D eigenvalue weighted by atomic mass is 19.1. The van der Waals surface area contributed by atoms with Crippen molar-refractivity contribution in [2.75, 3.05) is 13.1 Å². The number of halogens is 1. The largest absolute Gasteiger partial charge is 0.334 e.